The minimum Gasteiger partial charge on any atom is -0.464 e. The molecule has 2 saturated carbocycles. The standard InChI is InChI=1S/C21H27NO6/c1-27-19(25)18(22-20(26)28-13-14-5-3-2-4-6-14)15-9-11-21(12-10-15)16(23)7-8-17(21)24/h2-6,16-17,23-24H,7-13H2,1H3,(H,22,26). The maximum atomic E-state index is 12.2. The van der Waals surface area contributed by atoms with Crippen molar-refractivity contribution in [3.8, 4) is 0 Å². The van der Waals surface area contributed by atoms with Crippen LogP contribution in [0.2, 0.25) is 0 Å². The zero-order chi connectivity index (χ0) is 20.1. The van der Waals surface area contributed by atoms with Gasteiger partial charge in [0.25, 0.3) is 0 Å². The van der Waals surface area contributed by atoms with Crippen LogP contribution in [0.5, 0.6) is 0 Å². The lowest BCUT2D eigenvalue weighted by molar-refractivity contribution is -0.136. The first-order chi connectivity index (χ1) is 13.5. The molecule has 7 heteroatoms. The number of amides is 1. The van der Waals surface area contributed by atoms with E-state index in [0.717, 1.165) is 11.1 Å². The number of nitrogens with one attached hydrogen (secondary N) is 1. The van der Waals surface area contributed by atoms with E-state index in [-0.39, 0.29) is 12.3 Å². The van der Waals surface area contributed by atoms with Crippen molar-refractivity contribution in [2.24, 2.45) is 5.41 Å². The van der Waals surface area contributed by atoms with E-state index in [0.29, 0.717) is 38.5 Å². The molecule has 152 valence electrons. The van der Waals surface area contributed by atoms with Crippen LogP contribution in [0.15, 0.2) is 41.6 Å². The summed E-state index contributed by atoms with van der Waals surface area (Å²) in [4.78, 5) is 24.4. The van der Waals surface area contributed by atoms with Gasteiger partial charge >= 0.3 is 12.1 Å². The van der Waals surface area contributed by atoms with E-state index in [1.165, 1.54) is 7.11 Å². The summed E-state index contributed by atoms with van der Waals surface area (Å²) in [5, 5.41) is 23.2. The van der Waals surface area contributed by atoms with Gasteiger partial charge in [0.2, 0.25) is 0 Å². The number of rotatable bonds is 4. The lowest BCUT2D eigenvalue weighted by Crippen LogP contribution is -2.41. The minimum absolute atomic E-state index is 0.0948. The van der Waals surface area contributed by atoms with Crippen molar-refractivity contribution in [1.82, 2.24) is 5.32 Å². The second-order valence-corrected chi connectivity index (χ2v) is 7.50. The van der Waals surface area contributed by atoms with Crippen LogP contribution in [0, 0.1) is 5.41 Å². The van der Waals surface area contributed by atoms with E-state index >= 15 is 0 Å². The van der Waals surface area contributed by atoms with Crippen LogP contribution in [-0.2, 0) is 20.9 Å². The van der Waals surface area contributed by atoms with Crippen molar-refractivity contribution in [1.29, 1.82) is 0 Å². The number of hydrogen-bond acceptors (Lipinski definition) is 6. The first-order valence-corrected chi connectivity index (χ1v) is 9.60. The highest BCUT2D eigenvalue weighted by Gasteiger charge is 2.50. The van der Waals surface area contributed by atoms with Crippen LogP contribution in [0.3, 0.4) is 0 Å². The fraction of sp³-hybridized carbons (Fsp3) is 0.524. The molecule has 0 bridgehead atoms. The summed E-state index contributed by atoms with van der Waals surface area (Å²) in [6, 6.07) is 9.25. The predicted octanol–water partition coefficient (Wildman–Crippen LogP) is 2.42. The van der Waals surface area contributed by atoms with Gasteiger partial charge in [-0.1, -0.05) is 30.3 Å². The van der Waals surface area contributed by atoms with Crippen LogP contribution < -0.4 is 5.32 Å². The summed E-state index contributed by atoms with van der Waals surface area (Å²) >= 11 is 0. The highest BCUT2D eigenvalue weighted by atomic mass is 16.6. The predicted molar refractivity (Wildman–Crippen MR) is 101 cm³/mol. The summed E-state index contributed by atoms with van der Waals surface area (Å²) in [5.74, 6) is -0.630. The largest absolute Gasteiger partial charge is 0.464 e. The number of carbonyl (C=O) groups is 2. The number of ether oxygens (including phenoxy) is 2. The molecule has 0 heterocycles. The number of allylic oxidation sites excluding steroid dienone is 1. The van der Waals surface area contributed by atoms with Gasteiger partial charge < -0.3 is 19.7 Å². The molecular formula is C21H27NO6. The lowest BCUT2D eigenvalue weighted by atomic mass is 9.68. The van der Waals surface area contributed by atoms with Crippen LogP contribution in [0.4, 0.5) is 4.79 Å². The fourth-order valence-electron chi connectivity index (χ4n) is 4.29. The molecule has 1 aromatic rings. The Balaban J connectivity index is 1.66. The molecule has 0 aliphatic heterocycles. The Morgan fingerprint density at radius 2 is 1.71 bits per heavy atom. The quantitative estimate of drug-likeness (QED) is 0.540. The second-order valence-electron chi connectivity index (χ2n) is 7.50. The van der Waals surface area contributed by atoms with E-state index in [9.17, 15) is 19.8 Å². The Morgan fingerprint density at radius 1 is 1.11 bits per heavy atom. The fourth-order valence-corrected chi connectivity index (χ4v) is 4.29. The highest BCUT2D eigenvalue weighted by molar-refractivity contribution is 5.93. The Morgan fingerprint density at radius 3 is 2.29 bits per heavy atom. The highest BCUT2D eigenvalue weighted by Crippen LogP contribution is 2.50. The normalized spacial score (nSPS) is 26.8. The third kappa shape index (κ3) is 4.20. The summed E-state index contributed by atoms with van der Waals surface area (Å²) in [5.41, 5.74) is 1.17. The molecule has 3 N–H and O–H groups in total. The molecule has 1 spiro atoms. The number of methoxy groups -OCH3 is 1. The molecule has 28 heavy (non-hydrogen) atoms. The molecule has 3 rings (SSSR count). The minimum atomic E-state index is -0.724. The number of benzene rings is 1. The first-order valence-electron chi connectivity index (χ1n) is 9.60. The number of aliphatic hydroxyl groups is 2. The number of aliphatic hydroxyl groups excluding tert-OH is 2. The average Bonchev–Trinajstić information content (AvgIpc) is 2.99. The van der Waals surface area contributed by atoms with E-state index in [4.69, 9.17) is 9.47 Å². The molecule has 2 aliphatic rings. The van der Waals surface area contributed by atoms with E-state index in [1.54, 1.807) is 0 Å². The van der Waals surface area contributed by atoms with Crippen molar-refractivity contribution in [3.05, 3.63) is 47.2 Å². The topological polar surface area (TPSA) is 105 Å². The molecular weight excluding hydrogens is 362 g/mol. The van der Waals surface area contributed by atoms with Crippen LogP contribution in [0.1, 0.15) is 44.1 Å². The Bertz CT molecular complexity index is 723. The van der Waals surface area contributed by atoms with Gasteiger partial charge in [-0.2, -0.15) is 0 Å². The Hall–Kier alpha value is -2.38. The van der Waals surface area contributed by atoms with Gasteiger partial charge in [0.05, 0.1) is 19.3 Å². The molecule has 2 unspecified atom stereocenters. The first kappa shape index (κ1) is 20.4. The molecule has 2 fully saturated rings. The lowest BCUT2D eigenvalue weighted by Gasteiger charge is -2.40. The summed E-state index contributed by atoms with van der Waals surface area (Å²) in [7, 11) is 1.26. The molecule has 2 aliphatic carbocycles. The number of alkyl carbamates (subject to hydrolysis) is 1. The van der Waals surface area contributed by atoms with Crippen LogP contribution in [-0.4, -0.2) is 41.6 Å². The summed E-state index contributed by atoms with van der Waals surface area (Å²) in [6.45, 7) is 0.0952. The number of esters is 1. The van der Waals surface area contributed by atoms with E-state index in [2.05, 4.69) is 5.32 Å². The monoisotopic (exact) mass is 389 g/mol. The zero-order valence-corrected chi connectivity index (χ0v) is 16.0. The molecule has 0 saturated heterocycles. The van der Waals surface area contributed by atoms with Crippen LogP contribution >= 0.6 is 0 Å². The number of carbonyl (C=O) groups excluding carboxylic acids is 2. The van der Waals surface area contributed by atoms with Gasteiger partial charge in [-0.05, 0) is 49.7 Å². The molecule has 1 aromatic carbocycles. The molecule has 7 nitrogen and oxygen atoms in total. The third-order valence-electron chi connectivity index (χ3n) is 6.01. The molecule has 0 radical (unpaired) electrons. The van der Waals surface area contributed by atoms with Gasteiger partial charge in [-0.3, -0.25) is 5.32 Å². The third-order valence-corrected chi connectivity index (χ3v) is 6.01. The molecule has 1 amide bonds. The van der Waals surface area contributed by atoms with E-state index in [1.807, 2.05) is 30.3 Å². The maximum absolute atomic E-state index is 12.2. The van der Waals surface area contributed by atoms with Gasteiger partial charge in [0, 0.05) is 5.41 Å². The maximum Gasteiger partial charge on any atom is 0.412 e. The van der Waals surface area contributed by atoms with Crippen molar-refractivity contribution < 1.29 is 29.3 Å². The Kier molecular flexibility index (Phi) is 6.36. The van der Waals surface area contributed by atoms with Gasteiger partial charge in [-0.25, -0.2) is 9.59 Å². The summed E-state index contributed by atoms with van der Waals surface area (Å²) < 4.78 is 10.0. The molecule has 0 aromatic heterocycles. The van der Waals surface area contributed by atoms with Crippen molar-refractivity contribution in [3.63, 3.8) is 0 Å². The van der Waals surface area contributed by atoms with Crippen molar-refractivity contribution in [2.75, 3.05) is 7.11 Å². The molecule has 2 atom stereocenters. The smallest absolute Gasteiger partial charge is 0.412 e. The zero-order valence-electron chi connectivity index (χ0n) is 16.0. The SMILES string of the molecule is COC(=O)C(NC(=O)OCc1ccccc1)=C1CCC2(CC1)C(O)CCC2O. The van der Waals surface area contributed by atoms with Gasteiger partial charge in [0.1, 0.15) is 12.3 Å². The summed E-state index contributed by atoms with van der Waals surface area (Å²) in [6.07, 6.45) is 1.51. The van der Waals surface area contributed by atoms with E-state index < -0.39 is 29.7 Å². The van der Waals surface area contributed by atoms with Gasteiger partial charge in [-0.15, -0.1) is 0 Å². The van der Waals surface area contributed by atoms with Crippen molar-refractivity contribution >= 4 is 12.1 Å². The van der Waals surface area contributed by atoms with Crippen LogP contribution in [0.25, 0.3) is 0 Å². The number of hydrogen-bond donors (Lipinski definition) is 3. The second kappa shape index (κ2) is 8.75. The van der Waals surface area contributed by atoms with Gasteiger partial charge in [0.15, 0.2) is 0 Å². The average molecular weight is 389 g/mol. The Labute approximate surface area is 164 Å². The van der Waals surface area contributed by atoms with Crippen molar-refractivity contribution in [2.45, 2.75) is 57.3 Å².